The summed E-state index contributed by atoms with van der Waals surface area (Å²) in [4.78, 5) is 0. The van der Waals surface area contributed by atoms with E-state index in [0.717, 1.165) is 6.42 Å². The zero-order valence-corrected chi connectivity index (χ0v) is 8.21. The van der Waals surface area contributed by atoms with Crippen LogP contribution in [0.2, 0.25) is 0 Å². The van der Waals surface area contributed by atoms with Crippen LogP contribution >= 0.6 is 0 Å². The van der Waals surface area contributed by atoms with Crippen LogP contribution in [0.5, 0.6) is 0 Å². The topological polar surface area (TPSA) is 63.5 Å². The molecule has 0 saturated heterocycles. The van der Waals surface area contributed by atoms with Gasteiger partial charge in [0.15, 0.2) is 5.82 Å². The number of hydrogen-bond donors (Lipinski definition) is 0. The summed E-state index contributed by atoms with van der Waals surface area (Å²) in [7, 11) is 0. The van der Waals surface area contributed by atoms with Crippen LogP contribution in [0, 0.1) is 0 Å². The molecule has 0 unspecified atom stereocenters. The number of benzene rings is 1. The molecule has 0 spiro atoms. The molecule has 0 fully saturated rings. The van der Waals surface area contributed by atoms with Crippen LogP contribution in [-0.4, -0.2) is 20.2 Å². The predicted octanol–water partition coefficient (Wildman–Crippen LogP) is 0.846. The van der Waals surface area contributed by atoms with E-state index in [2.05, 4.69) is 15.5 Å². The van der Waals surface area contributed by atoms with Gasteiger partial charge in [-0.15, -0.1) is 5.10 Å². The molecular formula is C10H11N4O. The van der Waals surface area contributed by atoms with Crippen LogP contribution in [0.15, 0.2) is 30.3 Å². The van der Waals surface area contributed by atoms with Crippen molar-refractivity contribution >= 4 is 0 Å². The van der Waals surface area contributed by atoms with Crippen LogP contribution in [0.4, 0.5) is 0 Å². The summed E-state index contributed by atoms with van der Waals surface area (Å²) in [5.41, 5.74) is 1.21. The van der Waals surface area contributed by atoms with Crippen LogP contribution in [0.1, 0.15) is 11.4 Å². The van der Waals surface area contributed by atoms with Gasteiger partial charge in [0.2, 0.25) is 0 Å². The van der Waals surface area contributed by atoms with Gasteiger partial charge in [-0.3, -0.25) is 0 Å². The summed E-state index contributed by atoms with van der Waals surface area (Å²) in [5, 5.41) is 21.5. The van der Waals surface area contributed by atoms with Gasteiger partial charge in [0.05, 0.1) is 0 Å². The molecule has 0 N–H and O–H groups in total. The number of aryl methyl sites for hydroxylation is 2. The maximum atomic E-state index is 10.7. The van der Waals surface area contributed by atoms with E-state index >= 15 is 0 Å². The van der Waals surface area contributed by atoms with Crippen molar-refractivity contribution < 1.29 is 5.11 Å². The third kappa shape index (κ3) is 2.38. The summed E-state index contributed by atoms with van der Waals surface area (Å²) >= 11 is 0. The van der Waals surface area contributed by atoms with E-state index in [-0.39, 0.29) is 6.61 Å². The Hall–Kier alpha value is -1.75. The van der Waals surface area contributed by atoms with Crippen molar-refractivity contribution in [3.05, 3.63) is 41.7 Å². The average Bonchev–Trinajstić information content (AvgIpc) is 2.75. The lowest BCUT2D eigenvalue weighted by Crippen LogP contribution is -2.07. The van der Waals surface area contributed by atoms with Crippen molar-refractivity contribution in [2.75, 3.05) is 0 Å². The van der Waals surface area contributed by atoms with Gasteiger partial charge in [-0.25, -0.2) is 9.79 Å². The maximum Gasteiger partial charge on any atom is 0.180 e. The first-order chi connectivity index (χ1) is 7.40. The second-order valence-corrected chi connectivity index (χ2v) is 3.20. The van der Waals surface area contributed by atoms with Gasteiger partial charge in [0.25, 0.3) is 0 Å². The van der Waals surface area contributed by atoms with Gasteiger partial charge in [-0.2, -0.15) is 0 Å². The monoisotopic (exact) mass is 203 g/mol. The molecule has 1 aromatic heterocycles. The van der Waals surface area contributed by atoms with E-state index in [9.17, 15) is 5.11 Å². The Bertz CT molecular complexity index is 412. The minimum absolute atomic E-state index is 0.373. The van der Waals surface area contributed by atoms with Crippen molar-refractivity contribution in [3.8, 4) is 0 Å². The molecule has 5 heteroatoms. The highest BCUT2D eigenvalue weighted by atomic mass is 16.3. The molecule has 0 atom stereocenters. The molecule has 0 bridgehead atoms. The molecule has 0 aliphatic heterocycles. The van der Waals surface area contributed by atoms with E-state index in [1.165, 1.54) is 5.56 Å². The molecule has 0 saturated carbocycles. The van der Waals surface area contributed by atoms with Gasteiger partial charge in [-0.1, -0.05) is 30.3 Å². The average molecular weight is 203 g/mol. The molecule has 1 aromatic carbocycles. The summed E-state index contributed by atoms with van der Waals surface area (Å²) in [5.74, 6) is 0.394. The number of rotatable bonds is 4. The summed E-state index contributed by atoms with van der Waals surface area (Å²) in [6, 6.07) is 10.0. The predicted molar refractivity (Wildman–Crippen MR) is 52.4 cm³/mol. The Labute approximate surface area is 87.4 Å². The minimum Gasteiger partial charge on any atom is -0.228 e. The third-order valence-corrected chi connectivity index (χ3v) is 2.19. The highest BCUT2D eigenvalue weighted by Gasteiger charge is 2.04. The first-order valence-electron chi connectivity index (χ1n) is 4.77. The van der Waals surface area contributed by atoms with Gasteiger partial charge < -0.3 is 0 Å². The third-order valence-electron chi connectivity index (χ3n) is 2.19. The molecule has 5 nitrogen and oxygen atoms in total. The molecule has 1 radical (unpaired) electrons. The molecule has 77 valence electrons. The summed E-state index contributed by atoms with van der Waals surface area (Å²) in [6.45, 7) is 0.274. The lowest BCUT2D eigenvalue weighted by molar-refractivity contribution is 0.164. The van der Waals surface area contributed by atoms with Crippen molar-refractivity contribution in [2.24, 2.45) is 0 Å². The van der Waals surface area contributed by atoms with Gasteiger partial charge in [0.1, 0.15) is 6.61 Å². The van der Waals surface area contributed by atoms with Crippen LogP contribution in [0.25, 0.3) is 0 Å². The normalized spacial score (nSPS) is 10.5. The molecular weight excluding hydrogens is 192 g/mol. The van der Waals surface area contributed by atoms with Gasteiger partial charge >= 0.3 is 0 Å². The van der Waals surface area contributed by atoms with Gasteiger partial charge in [-0.05, 0) is 22.4 Å². The molecule has 0 aliphatic rings. The molecule has 1 heterocycles. The van der Waals surface area contributed by atoms with Crippen LogP contribution < -0.4 is 0 Å². The molecule has 0 aliphatic carbocycles. The van der Waals surface area contributed by atoms with Crippen molar-refractivity contribution in [3.63, 3.8) is 0 Å². The van der Waals surface area contributed by atoms with Crippen molar-refractivity contribution in [2.45, 2.75) is 19.6 Å². The SMILES string of the molecule is [O]Cc1nnnn1CCc1ccccc1. The molecule has 15 heavy (non-hydrogen) atoms. The standard InChI is InChI=1S/C10H11N4O/c15-8-10-11-12-13-14(10)7-6-9-4-2-1-3-5-9/h1-5H,6-8H2. The van der Waals surface area contributed by atoms with Crippen LogP contribution in [0.3, 0.4) is 0 Å². The van der Waals surface area contributed by atoms with E-state index in [1.54, 1.807) is 4.68 Å². The van der Waals surface area contributed by atoms with Crippen molar-refractivity contribution in [1.29, 1.82) is 0 Å². The van der Waals surface area contributed by atoms with Gasteiger partial charge in [0, 0.05) is 6.54 Å². The first-order valence-corrected chi connectivity index (χ1v) is 4.77. The highest BCUT2D eigenvalue weighted by molar-refractivity contribution is 5.14. The zero-order valence-electron chi connectivity index (χ0n) is 8.21. The fourth-order valence-electron chi connectivity index (χ4n) is 1.38. The number of nitrogens with zero attached hydrogens (tertiary/aromatic N) is 4. The number of hydrogen-bond acceptors (Lipinski definition) is 3. The maximum absolute atomic E-state index is 10.7. The Morgan fingerprint density at radius 2 is 2.00 bits per heavy atom. The first kappa shape index (κ1) is 9.79. The molecule has 0 amide bonds. The summed E-state index contributed by atoms with van der Waals surface area (Å²) in [6.07, 6.45) is 0.832. The molecule has 2 aromatic rings. The minimum atomic E-state index is -0.373. The van der Waals surface area contributed by atoms with E-state index in [0.29, 0.717) is 12.4 Å². The Kier molecular flexibility index (Phi) is 3.04. The zero-order chi connectivity index (χ0) is 10.5. The summed E-state index contributed by atoms with van der Waals surface area (Å²) < 4.78 is 1.56. The highest BCUT2D eigenvalue weighted by Crippen LogP contribution is 2.02. The fourth-order valence-corrected chi connectivity index (χ4v) is 1.38. The van der Waals surface area contributed by atoms with E-state index in [1.807, 2.05) is 30.3 Å². The molecule has 2 rings (SSSR count). The van der Waals surface area contributed by atoms with E-state index < -0.39 is 0 Å². The van der Waals surface area contributed by atoms with E-state index in [4.69, 9.17) is 0 Å². The Balaban J connectivity index is 1.99. The second-order valence-electron chi connectivity index (χ2n) is 3.20. The lowest BCUT2D eigenvalue weighted by Gasteiger charge is -2.02. The smallest absolute Gasteiger partial charge is 0.180 e. The number of aromatic nitrogens is 4. The Morgan fingerprint density at radius 1 is 1.20 bits per heavy atom. The van der Waals surface area contributed by atoms with Crippen LogP contribution in [-0.2, 0) is 24.7 Å². The fraction of sp³-hybridized carbons (Fsp3) is 0.300. The quantitative estimate of drug-likeness (QED) is 0.739. The van der Waals surface area contributed by atoms with Crippen molar-refractivity contribution in [1.82, 2.24) is 20.2 Å². The number of tetrazole rings is 1. The Morgan fingerprint density at radius 3 is 2.73 bits per heavy atom. The second kappa shape index (κ2) is 4.65. The lowest BCUT2D eigenvalue weighted by atomic mass is 10.1. The largest absolute Gasteiger partial charge is 0.228 e.